The Morgan fingerprint density at radius 1 is 1.46 bits per heavy atom. The number of unbranched alkanes of at least 4 members (excludes halogenated alkanes) is 1. The summed E-state index contributed by atoms with van der Waals surface area (Å²) in [4.78, 5) is 22.4. The van der Waals surface area contributed by atoms with Crippen LogP contribution in [-0.4, -0.2) is 30.6 Å². The lowest BCUT2D eigenvalue weighted by molar-refractivity contribution is -0.148. The highest BCUT2D eigenvalue weighted by molar-refractivity contribution is 5.99. The molecule has 0 N–H and O–H groups in total. The third-order valence-electron chi connectivity index (χ3n) is 3.70. The fraction of sp³-hybridized carbons (Fsp3) is 0.500. The summed E-state index contributed by atoms with van der Waals surface area (Å²) in [5, 5.41) is 0. The van der Waals surface area contributed by atoms with Crippen LogP contribution in [0.4, 0.5) is 0 Å². The van der Waals surface area contributed by atoms with E-state index in [2.05, 4.69) is 23.7 Å². The molecule has 0 bridgehead atoms. The van der Waals surface area contributed by atoms with Crippen molar-refractivity contribution in [2.75, 3.05) is 6.61 Å². The van der Waals surface area contributed by atoms with Crippen molar-refractivity contribution in [3.63, 3.8) is 0 Å². The summed E-state index contributed by atoms with van der Waals surface area (Å²) in [6.45, 7) is 3.80. The van der Waals surface area contributed by atoms with Crippen LogP contribution in [-0.2, 0) is 19.1 Å². The Balaban J connectivity index is 2.02. The highest BCUT2D eigenvalue weighted by atomic mass is 16.7. The van der Waals surface area contributed by atoms with Crippen LogP contribution in [0, 0.1) is 23.7 Å². The first kappa shape index (κ1) is 18.2. The van der Waals surface area contributed by atoms with Gasteiger partial charge in [-0.25, -0.2) is 0 Å². The number of aldehydes is 1. The molecule has 0 spiro atoms. The normalized spacial score (nSPS) is 23.5. The molecule has 0 unspecified atom stereocenters. The van der Waals surface area contributed by atoms with Gasteiger partial charge in [-0.1, -0.05) is 23.8 Å². The fourth-order valence-electron chi connectivity index (χ4n) is 2.45. The highest BCUT2D eigenvalue weighted by Crippen LogP contribution is 2.24. The molecule has 0 radical (unpaired) electrons. The first-order valence-electron chi connectivity index (χ1n) is 8.21. The molecule has 4 nitrogen and oxygen atoms in total. The van der Waals surface area contributed by atoms with Crippen LogP contribution in [0.15, 0.2) is 23.3 Å². The highest BCUT2D eigenvalue weighted by Gasteiger charge is 2.36. The summed E-state index contributed by atoms with van der Waals surface area (Å²) < 4.78 is 10.9. The van der Waals surface area contributed by atoms with E-state index >= 15 is 0 Å². The van der Waals surface area contributed by atoms with Crippen LogP contribution >= 0.6 is 0 Å². The maximum Gasteiger partial charge on any atom is 0.237 e. The molecule has 1 fully saturated rings. The zero-order chi connectivity index (χ0) is 17.4. The van der Waals surface area contributed by atoms with E-state index < -0.39 is 11.9 Å². The van der Waals surface area contributed by atoms with Gasteiger partial charge in [0.15, 0.2) is 11.9 Å². The van der Waals surface area contributed by atoms with Crippen molar-refractivity contribution in [3.8, 4) is 23.7 Å². The van der Waals surface area contributed by atoms with Gasteiger partial charge >= 0.3 is 0 Å². The first-order chi connectivity index (χ1) is 11.5. The number of rotatable bonds is 3. The molecule has 1 aliphatic carbocycles. The second-order valence-electron chi connectivity index (χ2n) is 6.14. The Morgan fingerprint density at radius 3 is 3.00 bits per heavy atom. The second-order valence-corrected chi connectivity index (χ2v) is 6.14. The van der Waals surface area contributed by atoms with E-state index in [1.807, 2.05) is 12.2 Å². The van der Waals surface area contributed by atoms with E-state index in [9.17, 15) is 9.59 Å². The minimum Gasteiger partial charge on any atom is -0.347 e. The molecule has 2 rings (SSSR count). The lowest BCUT2D eigenvalue weighted by Gasteiger charge is -2.15. The maximum absolute atomic E-state index is 12.1. The van der Waals surface area contributed by atoms with Gasteiger partial charge in [-0.2, -0.15) is 0 Å². The van der Waals surface area contributed by atoms with Gasteiger partial charge in [-0.3, -0.25) is 4.79 Å². The minimum absolute atomic E-state index is 0.241. The number of hydrogen-bond donors (Lipinski definition) is 0. The van der Waals surface area contributed by atoms with Crippen LogP contribution in [0.3, 0.4) is 0 Å². The number of hydrogen-bond acceptors (Lipinski definition) is 4. The largest absolute Gasteiger partial charge is 0.347 e. The Morgan fingerprint density at radius 2 is 2.29 bits per heavy atom. The number of allylic oxidation sites excluding steroid dienone is 4. The van der Waals surface area contributed by atoms with Crippen LogP contribution in [0.25, 0.3) is 0 Å². The molecule has 1 aliphatic heterocycles. The molecule has 1 atom stereocenters. The zero-order valence-electron chi connectivity index (χ0n) is 14.2. The predicted molar refractivity (Wildman–Crippen MR) is 90.8 cm³/mol. The van der Waals surface area contributed by atoms with Crippen molar-refractivity contribution in [1.82, 2.24) is 0 Å². The van der Waals surface area contributed by atoms with Gasteiger partial charge in [-0.15, -0.1) is 0 Å². The van der Waals surface area contributed by atoms with Gasteiger partial charge in [0.2, 0.25) is 5.78 Å². The standard InChI is InChI=1S/C20H22O4/c1-20(2)23-15-19(24-20)18(22)13-12-17-11-7-6-10-16(17)9-5-3-4-8-14-21/h9,11,14,19H,4,6-8,10,15H2,1-2H3/b16-9-/t19-/m1/s1. The first-order valence-corrected chi connectivity index (χ1v) is 8.21. The fourth-order valence-corrected chi connectivity index (χ4v) is 2.45. The van der Waals surface area contributed by atoms with E-state index in [1.165, 1.54) is 0 Å². The third-order valence-corrected chi connectivity index (χ3v) is 3.70. The van der Waals surface area contributed by atoms with Gasteiger partial charge in [-0.05, 0) is 50.7 Å². The summed E-state index contributed by atoms with van der Waals surface area (Å²) in [6.07, 6.45) is 8.03. The molecule has 0 saturated carbocycles. The van der Waals surface area contributed by atoms with Gasteiger partial charge in [0.1, 0.15) is 6.29 Å². The summed E-state index contributed by atoms with van der Waals surface area (Å²) in [5.41, 5.74) is 1.90. The molecule has 4 heteroatoms. The molecule has 0 aromatic rings. The minimum atomic E-state index is -0.728. The van der Waals surface area contributed by atoms with Crippen molar-refractivity contribution in [2.24, 2.45) is 0 Å². The monoisotopic (exact) mass is 326 g/mol. The summed E-state index contributed by atoms with van der Waals surface area (Å²) in [5.74, 6) is 10.5. The van der Waals surface area contributed by atoms with E-state index in [0.29, 0.717) is 12.8 Å². The summed E-state index contributed by atoms with van der Waals surface area (Å²) in [6, 6.07) is 0. The molecular formula is C20H22O4. The Kier molecular flexibility index (Phi) is 6.55. The molecule has 0 aromatic heterocycles. The molecule has 1 saturated heterocycles. The quantitative estimate of drug-likeness (QED) is 0.346. The number of ether oxygens (including phenoxy) is 2. The average molecular weight is 326 g/mol. The van der Waals surface area contributed by atoms with E-state index in [0.717, 1.165) is 36.7 Å². The van der Waals surface area contributed by atoms with Crippen LogP contribution in [0.1, 0.15) is 46.0 Å². The summed E-state index contributed by atoms with van der Waals surface area (Å²) in [7, 11) is 0. The van der Waals surface area contributed by atoms with Gasteiger partial charge in [0, 0.05) is 18.4 Å². The number of Topliss-reactive ketones (excluding diaryl/α,β-unsaturated/α-hetero) is 1. The van der Waals surface area contributed by atoms with E-state index in [1.54, 1.807) is 13.8 Å². The summed E-state index contributed by atoms with van der Waals surface area (Å²) >= 11 is 0. The predicted octanol–water partition coefficient (Wildman–Crippen LogP) is 2.73. The Labute approximate surface area is 143 Å². The van der Waals surface area contributed by atoms with Gasteiger partial charge < -0.3 is 14.3 Å². The number of ketones is 1. The third kappa shape index (κ3) is 5.49. The molecule has 1 heterocycles. The maximum atomic E-state index is 12.1. The second kappa shape index (κ2) is 8.64. The van der Waals surface area contributed by atoms with Crippen molar-refractivity contribution in [3.05, 3.63) is 23.3 Å². The lowest BCUT2D eigenvalue weighted by atomic mass is 9.93. The van der Waals surface area contributed by atoms with Crippen LogP contribution in [0.5, 0.6) is 0 Å². The lowest BCUT2D eigenvalue weighted by Crippen LogP contribution is -2.25. The van der Waals surface area contributed by atoms with Gasteiger partial charge in [0.25, 0.3) is 0 Å². The molecular weight excluding hydrogens is 304 g/mol. The molecule has 0 aromatic carbocycles. The number of carbonyl (C=O) groups is 2. The van der Waals surface area contributed by atoms with Crippen LogP contribution < -0.4 is 0 Å². The molecule has 24 heavy (non-hydrogen) atoms. The Bertz CT molecular complexity index is 674. The van der Waals surface area contributed by atoms with Crippen molar-refractivity contribution < 1.29 is 19.1 Å². The smallest absolute Gasteiger partial charge is 0.237 e. The number of carbonyl (C=O) groups excluding carboxylic acids is 2. The SMILES string of the molecule is CC1(C)OC[C@H](C(=O)C#CC2=CCCC/C2=C/C#CCCC=O)O1. The average Bonchev–Trinajstić information content (AvgIpc) is 2.93. The molecule has 0 amide bonds. The topological polar surface area (TPSA) is 52.6 Å². The van der Waals surface area contributed by atoms with Crippen LogP contribution in [0.2, 0.25) is 0 Å². The van der Waals surface area contributed by atoms with E-state index in [-0.39, 0.29) is 12.4 Å². The van der Waals surface area contributed by atoms with E-state index in [4.69, 9.17) is 9.47 Å². The van der Waals surface area contributed by atoms with Crippen molar-refractivity contribution in [1.29, 1.82) is 0 Å². The van der Waals surface area contributed by atoms with Crippen molar-refractivity contribution in [2.45, 2.75) is 57.8 Å². The Hall–Kier alpha value is -2.14. The van der Waals surface area contributed by atoms with Gasteiger partial charge in [0.05, 0.1) is 6.61 Å². The zero-order valence-corrected chi connectivity index (χ0v) is 14.2. The van der Waals surface area contributed by atoms with Crippen molar-refractivity contribution >= 4 is 12.1 Å². The molecule has 2 aliphatic rings. The molecule has 126 valence electrons.